The molecular formula is C10H12N4S2. The molecule has 0 bridgehead atoms. The Balaban J connectivity index is 2.10. The predicted octanol–water partition coefficient (Wildman–Crippen LogP) is 2.26. The number of nitrogens with two attached hydrogens (primary N) is 1. The standard InChI is InChI=1S/C10H12N4S2/c11-14-9(12-13-10(14)15)8-5-6-3-1-2-4-7(6)16-8/h5H,1-4,11H2,(H,13,15). The van der Waals surface area contributed by atoms with E-state index in [0.717, 1.165) is 10.7 Å². The molecule has 6 heteroatoms. The molecule has 0 saturated carbocycles. The van der Waals surface area contributed by atoms with E-state index in [4.69, 9.17) is 18.1 Å². The van der Waals surface area contributed by atoms with Gasteiger partial charge in [-0.2, -0.15) is 5.10 Å². The number of aromatic amines is 1. The normalized spacial score (nSPS) is 15.0. The highest BCUT2D eigenvalue weighted by Gasteiger charge is 2.16. The molecule has 2 aromatic rings. The number of hydrogen-bond acceptors (Lipinski definition) is 4. The van der Waals surface area contributed by atoms with Crippen molar-refractivity contribution >= 4 is 23.6 Å². The Kier molecular flexibility index (Phi) is 2.33. The molecule has 0 radical (unpaired) electrons. The fraction of sp³-hybridized carbons (Fsp3) is 0.400. The van der Waals surface area contributed by atoms with E-state index in [2.05, 4.69) is 16.3 Å². The van der Waals surface area contributed by atoms with Gasteiger partial charge in [-0.15, -0.1) is 11.3 Å². The van der Waals surface area contributed by atoms with Gasteiger partial charge in [-0.1, -0.05) is 0 Å². The van der Waals surface area contributed by atoms with Crippen LogP contribution in [0.15, 0.2) is 6.07 Å². The molecule has 16 heavy (non-hydrogen) atoms. The Morgan fingerprint density at radius 3 is 2.94 bits per heavy atom. The fourth-order valence-electron chi connectivity index (χ4n) is 2.08. The first kappa shape index (κ1) is 10.0. The number of hydrogen-bond donors (Lipinski definition) is 2. The van der Waals surface area contributed by atoms with E-state index >= 15 is 0 Å². The molecule has 2 heterocycles. The minimum Gasteiger partial charge on any atom is -0.335 e. The van der Waals surface area contributed by atoms with E-state index in [1.165, 1.54) is 40.8 Å². The lowest BCUT2D eigenvalue weighted by Crippen LogP contribution is -2.09. The number of nitrogen functional groups attached to an aromatic ring is 1. The first-order chi connectivity index (χ1) is 7.75. The Labute approximate surface area is 102 Å². The molecular weight excluding hydrogens is 240 g/mol. The van der Waals surface area contributed by atoms with Crippen molar-refractivity contribution in [3.63, 3.8) is 0 Å². The fourth-order valence-corrected chi connectivity index (χ4v) is 3.45. The van der Waals surface area contributed by atoms with Crippen molar-refractivity contribution in [1.29, 1.82) is 0 Å². The second kappa shape index (κ2) is 3.71. The maximum atomic E-state index is 5.82. The van der Waals surface area contributed by atoms with Crippen LogP contribution in [0.5, 0.6) is 0 Å². The van der Waals surface area contributed by atoms with Crippen LogP contribution in [0.2, 0.25) is 0 Å². The van der Waals surface area contributed by atoms with Crippen LogP contribution in [0.4, 0.5) is 0 Å². The molecule has 0 spiro atoms. The number of aromatic nitrogens is 3. The van der Waals surface area contributed by atoms with Crippen molar-refractivity contribution in [3.8, 4) is 10.7 Å². The number of nitrogens with zero attached hydrogens (tertiary/aromatic N) is 2. The van der Waals surface area contributed by atoms with Crippen LogP contribution < -0.4 is 5.84 Å². The van der Waals surface area contributed by atoms with E-state index in [1.54, 1.807) is 11.3 Å². The molecule has 0 atom stereocenters. The largest absolute Gasteiger partial charge is 0.335 e. The van der Waals surface area contributed by atoms with Gasteiger partial charge in [0.2, 0.25) is 4.77 Å². The van der Waals surface area contributed by atoms with Crippen LogP contribution in [-0.4, -0.2) is 14.9 Å². The molecule has 0 aliphatic heterocycles. The van der Waals surface area contributed by atoms with Gasteiger partial charge in [-0.05, 0) is 49.5 Å². The van der Waals surface area contributed by atoms with Crippen molar-refractivity contribution in [2.45, 2.75) is 25.7 Å². The van der Waals surface area contributed by atoms with E-state index in [1.807, 2.05) is 0 Å². The minimum absolute atomic E-state index is 0.460. The number of fused-ring (bicyclic) bond motifs is 1. The van der Waals surface area contributed by atoms with Crippen molar-refractivity contribution in [1.82, 2.24) is 14.9 Å². The topological polar surface area (TPSA) is 59.6 Å². The number of thiophene rings is 1. The zero-order valence-electron chi connectivity index (χ0n) is 8.69. The van der Waals surface area contributed by atoms with Crippen LogP contribution in [-0.2, 0) is 12.8 Å². The zero-order chi connectivity index (χ0) is 11.1. The van der Waals surface area contributed by atoms with Gasteiger partial charge in [0.1, 0.15) is 0 Å². The molecule has 1 aliphatic rings. The number of aryl methyl sites for hydroxylation is 2. The third-order valence-electron chi connectivity index (χ3n) is 2.92. The molecule has 3 rings (SSSR count). The highest BCUT2D eigenvalue weighted by Crippen LogP contribution is 2.34. The second-order valence-electron chi connectivity index (χ2n) is 3.99. The first-order valence-corrected chi connectivity index (χ1v) is 6.52. The number of H-pyrrole nitrogens is 1. The van der Waals surface area contributed by atoms with Gasteiger partial charge in [-0.25, -0.2) is 9.77 Å². The summed E-state index contributed by atoms with van der Waals surface area (Å²) in [6.07, 6.45) is 4.96. The van der Waals surface area contributed by atoms with Gasteiger partial charge < -0.3 is 5.84 Å². The van der Waals surface area contributed by atoms with Crippen molar-refractivity contribution in [3.05, 3.63) is 21.3 Å². The van der Waals surface area contributed by atoms with Crippen molar-refractivity contribution in [2.24, 2.45) is 0 Å². The lowest BCUT2D eigenvalue weighted by molar-refractivity contribution is 0.697. The summed E-state index contributed by atoms with van der Waals surface area (Å²) < 4.78 is 1.90. The molecule has 0 saturated heterocycles. The summed E-state index contributed by atoms with van der Waals surface area (Å²) >= 11 is 6.79. The summed E-state index contributed by atoms with van der Waals surface area (Å²) in [5, 5.41) is 6.87. The Hall–Kier alpha value is -1.14. The Morgan fingerprint density at radius 2 is 2.25 bits per heavy atom. The van der Waals surface area contributed by atoms with Gasteiger partial charge in [0.25, 0.3) is 0 Å². The number of rotatable bonds is 1. The summed E-state index contributed by atoms with van der Waals surface area (Å²) in [6, 6.07) is 2.20. The molecule has 0 fully saturated rings. The maximum absolute atomic E-state index is 5.82. The van der Waals surface area contributed by atoms with Crippen LogP contribution in [0.1, 0.15) is 23.3 Å². The van der Waals surface area contributed by atoms with Gasteiger partial charge in [-0.3, -0.25) is 0 Å². The van der Waals surface area contributed by atoms with Crippen LogP contribution in [0.3, 0.4) is 0 Å². The van der Waals surface area contributed by atoms with Crippen molar-refractivity contribution in [2.75, 3.05) is 5.84 Å². The van der Waals surface area contributed by atoms with Gasteiger partial charge in [0.15, 0.2) is 5.82 Å². The molecule has 3 N–H and O–H groups in total. The summed E-state index contributed by atoms with van der Waals surface area (Å²) in [5.41, 5.74) is 1.46. The Bertz CT molecular complexity index is 554. The Morgan fingerprint density at radius 1 is 1.44 bits per heavy atom. The molecule has 0 amide bonds. The molecule has 0 aromatic carbocycles. The average molecular weight is 252 g/mol. The molecule has 4 nitrogen and oxygen atoms in total. The lowest BCUT2D eigenvalue weighted by Gasteiger charge is -2.08. The number of nitrogens with one attached hydrogen (secondary N) is 1. The molecule has 0 unspecified atom stereocenters. The third-order valence-corrected chi connectivity index (χ3v) is 4.44. The maximum Gasteiger partial charge on any atom is 0.214 e. The highest BCUT2D eigenvalue weighted by molar-refractivity contribution is 7.71. The van der Waals surface area contributed by atoms with Crippen LogP contribution >= 0.6 is 23.6 Å². The summed E-state index contributed by atoms with van der Waals surface area (Å²) in [5.74, 6) is 6.56. The smallest absolute Gasteiger partial charge is 0.214 e. The summed E-state index contributed by atoms with van der Waals surface area (Å²) in [7, 11) is 0. The second-order valence-corrected chi connectivity index (χ2v) is 5.51. The SMILES string of the molecule is Nn1c(-c2cc3c(s2)CCCC3)n[nH]c1=S. The summed E-state index contributed by atoms with van der Waals surface area (Å²) in [6.45, 7) is 0. The van der Waals surface area contributed by atoms with Gasteiger partial charge in [0, 0.05) is 4.88 Å². The quantitative estimate of drug-likeness (QED) is 0.604. The molecule has 1 aliphatic carbocycles. The summed E-state index contributed by atoms with van der Waals surface area (Å²) in [4.78, 5) is 2.59. The van der Waals surface area contributed by atoms with E-state index in [0.29, 0.717) is 4.77 Å². The lowest BCUT2D eigenvalue weighted by atomic mass is 9.99. The van der Waals surface area contributed by atoms with Crippen molar-refractivity contribution < 1.29 is 0 Å². The zero-order valence-corrected chi connectivity index (χ0v) is 10.3. The third kappa shape index (κ3) is 1.49. The molecule has 2 aromatic heterocycles. The first-order valence-electron chi connectivity index (χ1n) is 5.30. The van der Waals surface area contributed by atoms with E-state index < -0.39 is 0 Å². The van der Waals surface area contributed by atoms with E-state index in [9.17, 15) is 0 Å². The predicted molar refractivity (Wildman–Crippen MR) is 67.5 cm³/mol. The molecule has 84 valence electrons. The van der Waals surface area contributed by atoms with Gasteiger partial charge in [0.05, 0.1) is 4.88 Å². The highest BCUT2D eigenvalue weighted by atomic mass is 32.1. The average Bonchev–Trinajstić information content (AvgIpc) is 2.84. The monoisotopic (exact) mass is 252 g/mol. The van der Waals surface area contributed by atoms with Gasteiger partial charge >= 0.3 is 0 Å². The minimum atomic E-state index is 0.460. The van der Waals surface area contributed by atoms with Crippen LogP contribution in [0, 0.1) is 4.77 Å². The van der Waals surface area contributed by atoms with Crippen LogP contribution in [0.25, 0.3) is 10.7 Å². The van der Waals surface area contributed by atoms with E-state index in [-0.39, 0.29) is 0 Å².